The summed E-state index contributed by atoms with van der Waals surface area (Å²) in [6.45, 7) is 0. The van der Waals surface area contributed by atoms with E-state index in [9.17, 15) is 0 Å². The van der Waals surface area contributed by atoms with Crippen LogP contribution in [0.3, 0.4) is 0 Å². The molecule has 0 aromatic heterocycles. The van der Waals surface area contributed by atoms with Gasteiger partial charge >= 0.3 is 0 Å². The number of nitrogens with zero attached hydrogens (tertiary/aromatic N) is 1. The van der Waals surface area contributed by atoms with Crippen molar-refractivity contribution in [2.75, 3.05) is 0 Å². The minimum Gasteiger partial charge on any atom is -0.269 e. The fraction of sp³-hybridized carbons (Fsp3) is 0.133. The third-order valence-electron chi connectivity index (χ3n) is 3.08. The van der Waals surface area contributed by atoms with Gasteiger partial charge in [0.15, 0.2) is 0 Å². The van der Waals surface area contributed by atoms with Crippen molar-refractivity contribution < 1.29 is 0 Å². The fourth-order valence-electron chi connectivity index (χ4n) is 2.26. The Labute approximate surface area is 142 Å². The van der Waals surface area contributed by atoms with Crippen LogP contribution in [0.25, 0.3) is 0 Å². The lowest BCUT2D eigenvalue weighted by Gasteiger charge is -2.21. The summed E-state index contributed by atoms with van der Waals surface area (Å²) in [7, 11) is 0. The second-order valence-electron chi connectivity index (χ2n) is 4.43. The van der Waals surface area contributed by atoms with Crippen molar-refractivity contribution in [1.82, 2.24) is 0 Å². The minimum absolute atomic E-state index is 0.159. The first-order valence-corrected chi connectivity index (χ1v) is 8.69. The smallest absolute Gasteiger partial charge is 0.109 e. The molecule has 0 amide bonds. The van der Waals surface area contributed by atoms with Crippen molar-refractivity contribution in [3.05, 3.63) is 67.2 Å². The average molecular weight is 491 g/mol. The maximum absolute atomic E-state index is 4.77. The highest BCUT2D eigenvalue weighted by molar-refractivity contribution is 14.1. The number of hydrogen-bond acceptors (Lipinski definition) is 1. The normalized spacial score (nSPS) is 17.8. The standard InChI is InChI=1S/C15H10Br2IN/c16-11-3-1-2-9(6-11)15-13-5-4-12(18)7-10(13)8-14(17)19-15/h1-7,14H,8H2. The SMILES string of the molecule is Brc1cccc(C2=NC(Br)Cc3cc(I)ccc32)c1. The zero-order valence-electron chi connectivity index (χ0n) is 9.91. The van der Waals surface area contributed by atoms with Gasteiger partial charge < -0.3 is 0 Å². The van der Waals surface area contributed by atoms with E-state index in [1.165, 1.54) is 14.7 Å². The molecule has 1 unspecified atom stereocenters. The summed E-state index contributed by atoms with van der Waals surface area (Å²) in [5.41, 5.74) is 4.83. The molecule has 4 heteroatoms. The molecule has 0 aliphatic carbocycles. The van der Waals surface area contributed by atoms with E-state index < -0.39 is 0 Å². The Kier molecular flexibility index (Phi) is 4.10. The summed E-state index contributed by atoms with van der Waals surface area (Å²) in [6, 6.07) is 14.9. The third kappa shape index (κ3) is 2.95. The van der Waals surface area contributed by atoms with Crippen molar-refractivity contribution in [3.63, 3.8) is 0 Å². The summed E-state index contributed by atoms with van der Waals surface area (Å²) in [4.78, 5) is 4.93. The van der Waals surface area contributed by atoms with Gasteiger partial charge in [0.05, 0.1) is 5.71 Å². The molecule has 0 radical (unpaired) electrons. The van der Waals surface area contributed by atoms with Gasteiger partial charge in [-0.05, 0) is 52.4 Å². The lowest BCUT2D eigenvalue weighted by Crippen LogP contribution is -2.18. The number of rotatable bonds is 1. The molecule has 1 aliphatic rings. The van der Waals surface area contributed by atoms with Crippen LogP contribution in [0.1, 0.15) is 16.7 Å². The molecule has 2 aromatic rings. The van der Waals surface area contributed by atoms with Crippen molar-refractivity contribution in [1.29, 1.82) is 0 Å². The van der Waals surface area contributed by atoms with Crippen molar-refractivity contribution in [2.24, 2.45) is 4.99 Å². The summed E-state index contributed by atoms with van der Waals surface area (Å²) in [5, 5.41) is 0. The Bertz CT molecular complexity index is 667. The Balaban J connectivity index is 2.16. The van der Waals surface area contributed by atoms with E-state index in [-0.39, 0.29) is 4.95 Å². The van der Waals surface area contributed by atoms with Crippen LogP contribution in [0.5, 0.6) is 0 Å². The van der Waals surface area contributed by atoms with Crippen LogP contribution in [0, 0.1) is 3.57 Å². The molecule has 1 heterocycles. The zero-order valence-corrected chi connectivity index (χ0v) is 15.2. The summed E-state index contributed by atoms with van der Waals surface area (Å²) in [5.74, 6) is 0. The molecule has 0 spiro atoms. The van der Waals surface area contributed by atoms with Crippen LogP contribution in [-0.4, -0.2) is 10.7 Å². The predicted octanol–water partition coefficient (Wildman–Crippen LogP) is 5.17. The van der Waals surface area contributed by atoms with Crippen LogP contribution in [0.2, 0.25) is 0 Å². The molecule has 0 saturated carbocycles. The fourth-order valence-corrected chi connectivity index (χ4v) is 3.77. The van der Waals surface area contributed by atoms with E-state index in [4.69, 9.17) is 4.99 Å². The largest absolute Gasteiger partial charge is 0.269 e. The van der Waals surface area contributed by atoms with Gasteiger partial charge in [0, 0.05) is 25.6 Å². The number of fused-ring (bicyclic) bond motifs is 1. The second-order valence-corrected chi connectivity index (χ2v) is 7.65. The maximum Gasteiger partial charge on any atom is 0.109 e. The Hall–Kier alpha value is -0.200. The maximum atomic E-state index is 4.77. The molecule has 0 bridgehead atoms. The predicted molar refractivity (Wildman–Crippen MR) is 95.4 cm³/mol. The third-order valence-corrected chi connectivity index (χ3v) is 4.77. The molecule has 1 aliphatic heterocycles. The highest BCUT2D eigenvalue weighted by Crippen LogP contribution is 2.28. The van der Waals surface area contributed by atoms with Gasteiger partial charge in [-0.3, -0.25) is 4.99 Å². The molecule has 2 aromatic carbocycles. The molecule has 0 fully saturated rings. The number of benzene rings is 2. The molecule has 1 nitrogen and oxygen atoms in total. The average Bonchev–Trinajstić information content (AvgIpc) is 2.37. The van der Waals surface area contributed by atoms with Crippen LogP contribution in [0.4, 0.5) is 0 Å². The van der Waals surface area contributed by atoms with Crippen LogP contribution in [-0.2, 0) is 6.42 Å². The molecule has 0 N–H and O–H groups in total. The Morgan fingerprint density at radius 1 is 1.16 bits per heavy atom. The van der Waals surface area contributed by atoms with Crippen molar-refractivity contribution in [2.45, 2.75) is 11.4 Å². The van der Waals surface area contributed by atoms with Gasteiger partial charge in [-0.15, -0.1) is 0 Å². The first-order valence-electron chi connectivity index (χ1n) is 5.90. The van der Waals surface area contributed by atoms with Crippen LogP contribution in [0.15, 0.2) is 51.9 Å². The Morgan fingerprint density at radius 3 is 2.79 bits per heavy atom. The lowest BCUT2D eigenvalue weighted by atomic mass is 9.93. The van der Waals surface area contributed by atoms with E-state index in [1.807, 2.05) is 12.1 Å². The van der Waals surface area contributed by atoms with E-state index >= 15 is 0 Å². The molecular formula is C15H10Br2IN. The first-order chi connectivity index (χ1) is 9.13. The molecule has 19 heavy (non-hydrogen) atoms. The Morgan fingerprint density at radius 2 is 2.00 bits per heavy atom. The second kappa shape index (κ2) is 5.66. The van der Waals surface area contributed by atoms with E-state index in [0.717, 1.165) is 22.2 Å². The summed E-state index contributed by atoms with van der Waals surface area (Å²) in [6.07, 6.45) is 0.948. The lowest BCUT2D eigenvalue weighted by molar-refractivity contribution is 0.896. The monoisotopic (exact) mass is 489 g/mol. The van der Waals surface area contributed by atoms with E-state index in [1.54, 1.807) is 0 Å². The van der Waals surface area contributed by atoms with E-state index in [0.29, 0.717) is 0 Å². The summed E-state index contributed by atoms with van der Waals surface area (Å²) >= 11 is 9.52. The van der Waals surface area contributed by atoms with Gasteiger partial charge in [-0.25, -0.2) is 0 Å². The quantitative estimate of drug-likeness (QED) is 0.297. The zero-order chi connectivity index (χ0) is 13.4. The van der Waals surface area contributed by atoms with Gasteiger partial charge in [0.2, 0.25) is 0 Å². The number of alkyl halides is 1. The molecule has 96 valence electrons. The molecule has 0 saturated heterocycles. The topological polar surface area (TPSA) is 12.4 Å². The number of halogens is 3. The van der Waals surface area contributed by atoms with Gasteiger partial charge in [-0.2, -0.15) is 0 Å². The van der Waals surface area contributed by atoms with Crippen LogP contribution < -0.4 is 0 Å². The highest BCUT2D eigenvalue weighted by atomic mass is 127. The van der Waals surface area contributed by atoms with Crippen LogP contribution >= 0.6 is 54.5 Å². The highest BCUT2D eigenvalue weighted by Gasteiger charge is 2.20. The molecule has 1 atom stereocenters. The van der Waals surface area contributed by atoms with Gasteiger partial charge in [0.25, 0.3) is 0 Å². The first kappa shape index (κ1) is 13.8. The van der Waals surface area contributed by atoms with Gasteiger partial charge in [-0.1, -0.05) is 50.1 Å². The van der Waals surface area contributed by atoms with E-state index in [2.05, 4.69) is 84.8 Å². The molecule has 3 rings (SSSR count). The molecular weight excluding hydrogens is 481 g/mol. The van der Waals surface area contributed by atoms with Gasteiger partial charge in [0.1, 0.15) is 4.95 Å². The number of hydrogen-bond donors (Lipinski definition) is 0. The van der Waals surface area contributed by atoms with Crippen molar-refractivity contribution in [3.8, 4) is 0 Å². The summed E-state index contributed by atoms with van der Waals surface area (Å²) < 4.78 is 2.35. The number of aliphatic imine (C=N–C) groups is 1. The minimum atomic E-state index is 0.159. The van der Waals surface area contributed by atoms with Crippen molar-refractivity contribution >= 4 is 60.2 Å².